The number of pyridine rings is 1. The van der Waals surface area contributed by atoms with Crippen LogP contribution < -0.4 is 10.2 Å². The summed E-state index contributed by atoms with van der Waals surface area (Å²) in [5.74, 6) is 0. The summed E-state index contributed by atoms with van der Waals surface area (Å²) in [5, 5.41) is 3.29. The molecule has 2 rings (SSSR count). The minimum Gasteiger partial charge on any atom is -0.377 e. The van der Waals surface area contributed by atoms with Crippen LogP contribution in [0.5, 0.6) is 0 Å². The predicted octanol–water partition coefficient (Wildman–Crippen LogP) is 2.76. The monoisotopic (exact) mass is 277 g/mol. The number of piperidine rings is 1. The molecule has 1 aliphatic heterocycles. The lowest BCUT2D eigenvalue weighted by Gasteiger charge is -2.34. The van der Waals surface area contributed by atoms with Gasteiger partial charge in [0.1, 0.15) is 0 Å². The van der Waals surface area contributed by atoms with Crippen molar-refractivity contribution in [2.75, 3.05) is 31.6 Å². The van der Waals surface area contributed by atoms with Crippen LogP contribution in [0.25, 0.3) is 0 Å². The van der Waals surface area contributed by atoms with Crippen molar-refractivity contribution in [3.05, 3.63) is 24.0 Å². The average Bonchev–Trinajstić information content (AvgIpc) is 2.50. The van der Waals surface area contributed by atoms with E-state index < -0.39 is 0 Å². The largest absolute Gasteiger partial charge is 0.377 e. The maximum Gasteiger partial charge on any atom is 0.0750 e. The third-order valence-corrected chi connectivity index (χ3v) is 4.03. The third kappa shape index (κ3) is 3.70. The van der Waals surface area contributed by atoms with Gasteiger partial charge in [0.2, 0.25) is 0 Å². The number of ether oxygens (including phenoxy) is 1. The van der Waals surface area contributed by atoms with Crippen molar-refractivity contribution >= 4 is 5.69 Å². The summed E-state index contributed by atoms with van der Waals surface area (Å²) in [4.78, 5) is 7.01. The Morgan fingerprint density at radius 2 is 2.30 bits per heavy atom. The van der Waals surface area contributed by atoms with E-state index in [0.717, 1.165) is 31.8 Å². The van der Waals surface area contributed by atoms with Crippen molar-refractivity contribution in [2.24, 2.45) is 0 Å². The maximum absolute atomic E-state index is 5.76. The molecule has 20 heavy (non-hydrogen) atoms. The van der Waals surface area contributed by atoms with Gasteiger partial charge in [-0.1, -0.05) is 6.92 Å². The Labute approximate surface area is 122 Å². The minimum atomic E-state index is 0.349. The quantitative estimate of drug-likeness (QED) is 0.867. The minimum absolute atomic E-state index is 0.349. The summed E-state index contributed by atoms with van der Waals surface area (Å²) in [5.41, 5.74) is 2.33. The fourth-order valence-electron chi connectivity index (χ4n) is 2.90. The van der Waals surface area contributed by atoms with E-state index in [1.165, 1.54) is 18.5 Å². The second-order valence-electron chi connectivity index (χ2n) is 5.36. The molecule has 0 aromatic carbocycles. The Kier molecular flexibility index (Phi) is 5.80. The zero-order valence-corrected chi connectivity index (χ0v) is 12.9. The molecule has 0 bridgehead atoms. The Morgan fingerprint density at radius 3 is 2.90 bits per heavy atom. The summed E-state index contributed by atoms with van der Waals surface area (Å²) >= 11 is 0. The molecule has 1 N–H and O–H groups in total. The van der Waals surface area contributed by atoms with E-state index in [1.807, 2.05) is 13.2 Å². The van der Waals surface area contributed by atoms with Gasteiger partial charge in [0, 0.05) is 25.7 Å². The molecule has 0 amide bonds. The van der Waals surface area contributed by atoms with Crippen molar-refractivity contribution in [3.63, 3.8) is 0 Å². The molecule has 112 valence electrons. The van der Waals surface area contributed by atoms with Gasteiger partial charge in [-0.3, -0.25) is 4.98 Å². The van der Waals surface area contributed by atoms with Crippen LogP contribution in [-0.4, -0.2) is 37.8 Å². The normalized spacial score (nSPS) is 20.9. The first-order valence-electron chi connectivity index (χ1n) is 7.78. The molecule has 4 nitrogen and oxygen atoms in total. The van der Waals surface area contributed by atoms with Gasteiger partial charge in [-0.15, -0.1) is 0 Å². The lowest BCUT2D eigenvalue weighted by Crippen LogP contribution is -2.39. The summed E-state index contributed by atoms with van der Waals surface area (Å²) in [6.45, 7) is 7.13. The van der Waals surface area contributed by atoms with Crippen LogP contribution in [0.3, 0.4) is 0 Å². The van der Waals surface area contributed by atoms with Gasteiger partial charge in [0.05, 0.1) is 23.7 Å². The van der Waals surface area contributed by atoms with Gasteiger partial charge < -0.3 is 15.0 Å². The van der Waals surface area contributed by atoms with E-state index in [2.05, 4.69) is 41.2 Å². The van der Waals surface area contributed by atoms with Gasteiger partial charge in [0.25, 0.3) is 0 Å². The van der Waals surface area contributed by atoms with Crippen molar-refractivity contribution in [2.45, 2.75) is 45.3 Å². The fourth-order valence-corrected chi connectivity index (χ4v) is 2.90. The van der Waals surface area contributed by atoms with Crippen molar-refractivity contribution < 1.29 is 4.74 Å². The topological polar surface area (TPSA) is 37.4 Å². The van der Waals surface area contributed by atoms with E-state index in [4.69, 9.17) is 4.74 Å². The molecule has 2 unspecified atom stereocenters. The number of anilines is 1. The molecule has 0 spiro atoms. The Balaban J connectivity index is 2.02. The van der Waals surface area contributed by atoms with Crippen molar-refractivity contribution in [1.82, 2.24) is 10.3 Å². The SMILES string of the molecule is CCOC1CCCN(c2ccc(C(CC)NC)nc2)C1. The molecule has 2 heterocycles. The second kappa shape index (κ2) is 7.60. The first-order valence-corrected chi connectivity index (χ1v) is 7.78. The van der Waals surface area contributed by atoms with Crippen LogP contribution in [0.1, 0.15) is 44.8 Å². The van der Waals surface area contributed by atoms with Gasteiger partial charge in [-0.2, -0.15) is 0 Å². The molecule has 0 radical (unpaired) electrons. The lowest BCUT2D eigenvalue weighted by atomic mass is 10.1. The highest BCUT2D eigenvalue weighted by molar-refractivity contribution is 5.45. The predicted molar refractivity (Wildman–Crippen MR) is 83.2 cm³/mol. The molecule has 1 aromatic rings. The number of hydrogen-bond donors (Lipinski definition) is 1. The Hall–Kier alpha value is -1.13. The van der Waals surface area contributed by atoms with E-state index in [0.29, 0.717) is 12.1 Å². The van der Waals surface area contributed by atoms with E-state index >= 15 is 0 Å². The molecule has 0 saturated carbocycles. The van der Waals surface area contributed by atoms with Gasteiger partial charge >= 0.3 is 0 Å². The van der Waals surface area contributed by atoms with Crippen LogP contribution in [0.2, 0.25) is 0 Å². The number of hydrogen-bond acceptors (Lipinski definition) is 4. The average molecular weight is 277 g/mol. The van der Waals surface area contributed by atoms with E-state index in [-0.39, 0.29) is 0 Å². The highest BCUT2D eigenvalue weighted by Gasteiger charge is 2.20. The van der Waals surface area contributed by atoms with E-state index in [9.17, 15) is 0 Å². The molecule has 0 aliphatic carbocycles. The standard InChI is InChI=1S/C16H27N3O/c1-4-15(17-3)16-9-8-13(11-18-16)19-10-6-7-14(12-19)20-5-2/h8-9,11,14-15,17H,4-7,10,12H2,1-3H3. The van der Waals surface area contributed by atoms with Crippen LogP contribution in [0, 0.1) is 0 Å². The second-order valence-corrected chi connectivity index (χ2v) is 5.36. The molecule has 1 saturated heterocycles. The first-order chi connectivity index (χ1) is 9.78. The molecular formula is C16H27N3O. The van der Waals surface area contributed by atoms with Gasteiger partial charge in [-0.05, 0) is 45.4 Å². The molecular weight excluding hydrogens is 250 g/mol. The molecule has 2 atom stereocenters. The van der Waals surface area contributed by atoms with Crippen LogP contribution in [0.4, 0.5) is 5.69 Å². The maximum atomic E-state index is 5.76. The molecule has 1 aliphatic rings. The number of aromatic nitrogens is 1. The third-order valence-electron chi connectivity index (χ3n) is 4.03. The highest BCUT2D eigenvalue weighted by Crippen LogP contribution is 2.22. The smallest absolute Gasteiger partial charge is 0.0750 e. The summed E-state index contributed by atoms with van der Waals surface area (Å²) in [6.07, 6.45) is 5.80. The summed E-state index contributed by atoms with van der Waals surface area (Å²) < 4.78 is 5.76. The lowest BCUT2D eigenvalue weighted by molar-refractivity contribution is 0.0526. The highest BCUT2D eigenvalue weighted by atomic mass is 16.5. The fraction of sp³-hybridized carbons (Fsp3) is 0.688. The van der Waals surface area contributed by atoms with Crippen molar-refractivity contribution in [3.8, 4) is 0 Å². The molecule has 1 fully saturated rings. The van der Waals surface area contributed by atoms with Crippen LogP contribution in [-0.2, 0) is 4.74 Å². The van der Waals surface area contributed by atoms with Gasteiger partial charge in [0.15, 0.2) is 0 Å². The first kappa shape index (κ1) is 15.3. The van der Waals surface area contributed by atoms with Gasteiger partial charge in [-0.25, -0.2) is 0 Å². The summed E-state index contributed by atoms with van der Waals surface area (Å²) in [6, 6.07) is 4.68. The Morgan fingerprint density at radius 1 is 1.45 bits per heavy atom. The number of nitrogens with zero attached hydrogens (tertiary/aromatic N) is 2. The number of rotatable bonds is 6. The van der Waals surface area contributed by atoms with Crippen LogP contribution in [0.15, 0.2) is 18.3 Å². The van der Waals surface area contributed by atoms with Crippen molar-refractivity contribution in [1.29, 1.82) is 0 Å². The number of nitrogens with one attached hydrogen (secondary N) is 1. The van der Waals surface area contributed by atoms with Crippen LogP contribution >= 0.6 is 0 Å². The Bertz CT molecular complexity index is 387. The van der Waals surface area contributed by atoms with E-state index in [1.54, 1.807) is 0 Å². The molecule has 1 aromatic heterocycles. The zero-order chi connectivity index (χ0) is 14.4. The zero-order valence-electron chi connectivity index (χ0n) is 12.9. The summed E-state index contributed by atoms with van der Waals surface area (Å²) in [7, 11) is 1.99. The molecule has 4 heteroatoms.